The predicted molar refractivity (Wildman–Crippen MR) is 65.3 cm³/mol. The van der Waals surface area contributed by atoms with E-state index in [1.807, 2.05) is 0 Å². The highest BCUT2D eigenvalue weighted by Crippen LogP contribution is 2.32. The van der Waals surface area contributed by atoms with Gasteiger partial charge in [-0.15, -0.1) is 0 Å². The van der Waals surface area contributed by atoms with Crippen molar-refractivity contribution in [2.24, 2.45) is 0 Å². The SMILES string of the molecule is CCOC(=O)CC(O)c1c(Cl)ccc(Br)c1F. The summed E-state index contributed by atoms with van der Waals surface area (Å²) in [4.78, 5) is 11.2. The summed E-state index contributed by atoms with van der Waals surface area (Å²) >= 11 is 8.77. The fraction of sp³-hybridized carbons (Fsp3) is 0.364. The molecule has 3 nitrogen and oxygen atoms in total. The van der Waals surface area contributed by atoms with E-state index < -0.39 is 17.9 Å². The summed E-state index contributed by atoms with van der Waals surface area (Å²) in [6, 6.07) is 2.87. The Hall–Kier alpha value is -0.650. The van der Waals surface area contributed by atoms with Crippen molar-refractivity contribution < 1.29 is 19.0 Å². The molecule has 94 valence electrons. The number of rotatable bonds is 4. The average molecular weight is 326 g/mol. The number of benzene rings is 1. The Kier molecular flexibility index (Phi) is 5.36. The van der Waals surface area contributed by atoms with Gasteiger partial charge in [0.1, 0.15) is 5.82 Å². The highest BCUT2D eigenvalue weighted by molar-refractivity contribution is 9.10. The van der Waals surface area contributed by atoms with Gasteiger partial charge in [0.15, 0.2) is 0 Å². The van der Waals surface area contributed by atoms with E-state index in [-0.39, 0.29) is 28.1 Å². The van der Waals surface area contributed by atoms with Crippen LogP contribution in [-0.2, 0) is 9.53 Å². The lowest BCUT2D eigenvalue weighted by Crippen LogP contribution is -2.11. The summed E-state index contributed by atoms with van der Waals surface area (Å²) in [7, 11) is 0. The summed E-state index contributed by atoms with van der Waals surface area (Å²) in [6.45, 7) is 1.86. The van der Waals surface area contributed by atoms with Crippen molar-refractivity contribution in [2.75, 3.05) is 6.61 Å². The number of aliphatic hydroxyl groups excluding tert-OH is 1. The molecule has 0 saturated carbocycles. The molecule has 0 radical (unpaired) electrons. The maximum atomic E-state index is 13.7. The first-order chi connectivity index (χ1) is 7.97. The highest BCUT2D eigenvalue weighted by Gasteiger charge is 2.22. The maximum Gasteiger partial charge on any atom is 0.308 e. The first-order valence-corrected chi connectivity index (χ1v) is 6.11. The fourth-order valence-corrected chi connectivity index (χ4v) is 1.95. The third-order valence-corrected chi connectivity index (χ3v) is 3.02. The number of esters is 1. The third kappa shape index (κ3) is 3.66. The summed E-state index contributed by atoms with van der Waals surface area (Å²) in [5, 5.41) is 9.83. The molecule has 0 bridgehead atoms. The Balaban J connectivity index is 2.92. The van der Waals surface area contributed by atoms with Crippen LogP contribution in [0.4, 0.5) is 4.39 Å². The number of halogens is 3. The Morgan fingerprint density at radius 1 is 1.65 bits per heavy atom. The van der Waals surface area contributed by atoms with E-state index in [1.165, 1.54) is 12.1 Å². The largest absolute Gasteiger partial charge is 0.466 e. The minimum Gasteiger partial charge on any atom is -0.466 e. The summed E-state index contributed by atoms with van der Waals surface area (Å²) in [5.74, 6) is -1.27. The van der Waals surface area contributed by atoms with Crippen molar-refractivity contribution in [3.05, 3.63) is 33.0 Å². The molecular weight excluding hydrogens is 314 g/mol. The molecule has 1 atom stereocenters. The van der Waals surface area contributed by atoms with Gasteiger partial charge in [0.05, 0.1) is 23.6 Å². The van der Waals surface area contributed by atoms with Crippen LogP contribution in [0.15, 0.2) is 16.6 Å². The van der Waals surface area contributed by atoms with Crippen LogP contribution in [0.1, 0.15) is 25.0 Å². The van der Waals surface area contributed by atoms with Crippen LogP contribution >= 0.6 is 27.5 Å². The second kappa shape index (κ2) is 6.33. The van der Waals surface area contributed by atoms with E-state index in [0.29, 0.717) is 0 Å². The van der Waals surface area contributed by atoms with Crippen LogP contribution in [0.3, 0.4) is 0 Å². The van der Waals surface area contributed by atoms with E-state index >= 15 is 0 Å². The zero-order valence-electron chi connectivity index (χ0n) is 9.04. The van der Waals surface area contributed by atoms with Gasteiger partial charge in [-0.2, -0.15) is 0 Å². The van der Waals surface area contributed by atoms with Gasteiger partial charge in [0.25, 0.3) is 0 Å². The van der Waals surface area contributed by atoms with Crippen molar-refractivity contribution in [3.63, 3.8) is 0 Å². The van der Waals surface area contributed by atoms with Gasteiger partial charge < -0.3 is 9.84 Å². The number of aliphatic hydroxyl groups is 1. The van der Waals surface area contributed by atoms with Gasteiger partial charge in [-0.1, -0.05) is 11.6 Å². The Morgan fingerprint density at radius 2 is 2.29 bits per heavy atom. The number of carbonyl (C=O) groups excluding carboxylic acids is 1. The van der Waals surface area contributed by atoms with Crippen LogP contribution in [0.5, 0.6) is 0 Å². The molecule has 1 N–H and O–H groups in total. The van der Waals surface area contributed by atoms with Crippen LogP contribution in [0, 0.1) is 5.82 Å². The first-order valence-electron chi connectivity index (χ1n) is 4.94. The monoisotopic (exact) mass is 324 g/mol. The molecule has 0 aliphatic carbocycles. The van der Waals surface area contributed by atoms with Crippen LogP contribution in [0.25, 0.3) is 0 Å². The van der Waals surface area contributed by atoms with E-state index in [0.717, 1.165) is 0 Å². The number of carbonyl (C=O) groups is 1. The Morgan fingerprint density at radius 3 is 2.88 bits per heavy atom. The quantitative estimate of drug-likeness (QED) is 0.683. The lowest BCUT2D eigenvalue weighted by Gasteiger charge is -2.13. The second-order valence-electron chi connectivity index (χ2n) is 3.28. The molecule has 17 heavy (non-hydrogen) atoms. The van der Waals surface area contributed by atoms with E-state index in [4.69, 9.17) is 11.6 Å². The van der Waals surface area contributed by atoms with Gasteiger partial charge >= 0.3 is 5.97 Å². The molecule has 1 unspecified atom stereocenters. The molecule has 0 aliphatic heterocycles. The normalized spacial score (nSPS) is 12.3. The van der Waals surface area contributed by atoms with E-state index in [1.54, 1.807) is 6.92 Å². The van der Waals surface area contributed by atoms with Gasteiger partial charge in [-0.25, -0.2) is 4.39 Å². The van der Waals surface area contributed by atoms with Crippen molar-refractivity contribution in [2.45, 2.75) is 19.4 Å². The molecule has 0 saturated heterocycles. The van der Waals surface area contributed by atoms with Gasteiger partial charge in [0, 0.05) is 10.6 Å². The third-order valence-electron chi connectivity index (χ3n) is 2.08. The second-order valence-corrected chi connectivity index (χ2v) is 4.54. The summed E-state index contributed by atoms with van der Waals surface area (Å²) in [5.41, 5.74) is -0.103. The van der Waals surface area contributed by atoms with Crippen molar-refractivity contribution in [1.29, 1.82) is 0 Å². The number of hydrogen-bond donors (Lipinski definition) is 1. The van der Waals surface area contributed by atoms with Crippen LogP contribution in [0.2, 0.25) is 5.02 Å². The fourth-order valence-electron chi connectivity index (χ4n) is 1.33. The molecular formula is C11H11BrClFO3. The van der Waals surface area contributed by atoms with E-state index in [2.05, 4.69) is 20.7 Å². The predicted octanol–water partition coefficient (Wildman–Crippen LogP) is 3.23. The molecule has 6 heteroatoms. The van der Waals surface area contributed by atoms with Crippen molar-refractivity contribution in [3.8, 4) is 0 Å². The van der Waals surface area contributed by atoms with Crippen LogP contribution < -0.4 is 0 Å². The van der Waals surface area contributed by atoms with E-state index in [9.17, 15) is 14.3 Å². The molecule has 0 heterocycles. The molecule has 0 aromatic heterocycles. The molecule has 0 amide bonds. The lowest BCUT2D eigenvalue weighted by molar-refractivity contribution is -0.145. The smallest absolute Gasteiger partial charge is 0.308 e. The number of hydrogen-bond acceptors (Lipinski definition) is 3. The zero-order valence-corrected chi connectivity index (χ0v) is 11.4. The molecule has 1 rings (SSSR count). The summed E-state index contributed by atoms with van der Waals surface area (Å²) in [6.07, 6.45) is -1.65. The molecule has 0 spiro atoms. The molecule has 1 aromatic carbocycles. The minimum atomic E-state index is -1.32. The number of ether oxygens (including phenoxy) is 1. The molecule has 1 aromatic rings. The topological polar surface area (TPSA) is 46.5 Å². The van der Waals surface area contributed by atoms with Gasteiger partial charge in [0.2, 0.25) is 0 Å². The Labute approximate surface area is 112 Å². The molecule has 0 aliphatic rings. The van der Waals surface area contributed by atoms with Crippen molar-refractivity contribution in [1.82, 2.24) is 0 Å². The highest BCUT2D eigenvalue weighted by atomic mass is 79.9. The Bertz CT molecular complexity index is 425. The summed E-state index contributed by atoms with van der Waals surface area (Å²) < 4.78 is 18.6. The van der Waals surface area contributed by atoms with Gasteiger partial charge in [-0.05, 0) is 35.0 Å². The minimum absolute atomic E-state index is 0.0718. The standard InChI is InChI=1S/C11H11BrClFO3/c1-2-17-9(16)5-8(15)10-7(13)4-3-6(12)11(10)14/h3-4,8,15H,2,5H2,1H3. The maximum absolute atomic E-state index is 13.7. The van der Waals surface area contributed by atoms with Gasteiger partial charge in [-0.3, -0.25) is 4.79 Å². The van der Waals surface area contributed by atoms with Crippen molar-refractivity contribution >= 4 is 33.5 Å². The zero-order chi connectivity index (χ0) is 13.0. The first kappa shape index (κ1) is 14.4. The molecule has 0 fully saturated rings. The lowest BCUT2D eigenvalue weighted by atomic mass is 10.1. The van der Waals surface area contributed by atoms with Crippen LogP contribution in [-0.4, -0.2) is 17.7 Å². The average Bonchev–Trinajstić information content (AvgIpc) is 2.24.